The summed E-state index contributed by atoms with van der Waals surface area (Å²) in [4.78, 5) is 27.5. The zero-order valence-electron chi connectivity index (χ0n) is 19.1. The number of benzene rings is 3. The first-order valence-electron chi connectivity index (χ1n) is 11.6. The highest BCUT2D eigenvalue weighted by atomic mass is 32.2. The fraction of sp³-hybridized carbons (Fsp3) is 0.185. The van der Waals surface area contributed by atoms with E-state index in [1.165, 1.54) is 21.1 Å². The fourth-order valence-electron chi connectivity index (χ4n) is 4.64. The summed E-state index contributed by atoms with van der Waals surface area (Å²) in [6.07, 6.45) is 1.84. The molecule has 0 radical (unpaired) electrons. The summed E-state index contributed by atoms with van der Waals surface area (Å²) in [5.74, 6) is 0.0910. The highest BCUT2D eigenvalue weighted by molar-refractivity contribution is 7.99. The average molecular weight is 500 g/mol. The van der Waals surface area contributed by atoms with Gasteiger partial charge < -0.3 is 15.5 Å². The topological polar surface area (TPSA) is 65.7 Å². The summed E-state index contributed by atoms with van der Waals surface area (Å²) in [6, 6.07) is 24.9. The van der Waals surface area contributed by atoms with Crippen LogP contribution in [-0.4, -0.2) is 46.9 Å². The van der Waals surface area contributed by atoms with Crippen molar-refractivity contribution < 1.29 is 4.79 Å². The lowest BCUT2D eigenvalue weighted by Gasteiger charge is -2.35. The Kier molecular flexibility index (Phi) is 5.93. The van der Waals surface area contributed by atoms with E-state index in [4.69, 9.17) is 5.73 Å². The molecule has 1 amide bonds. The number of carbonyl (C=O) groups is 1. The number of para-hydroxylation sites is 2. The minimum atomic E-state index is 0.0910. The van der Waals surface area contributed by atoms with Crippen molar-refractivity contribution in [3.05, 3.63) is 89.4 Å². The molecule has 3 aromatic carbocycles. The Hall–Kier alpha value is -3.33. The smallest absolute Gasteiger partial charge is 0.253 e. The van der Waals surface area contributed by atoms with E-state index in [2.05, 4.69) is 75.4 Å². The minimum absolute atomic E-state index is 0.0910. The summed E-state index contributed by atoms with van der Waals surface area (Å²) in [7, 11) is 0. The zero-order valence-corrected chi connectivity index (χ0v) is 20.8. The second kappa shape index (κ2) is 9.37. The van der Waals surface area contributed by atoms with Gasteiger partial charge >= 0.3 is 0 Å². The molecule has 6 nitrogen and oxygen atoms in total. The van der Waals surface area contributed by atoms with Crippen LogP contribution in [0.15, 0.2) is 88.8 Å². The largest absolute Gasteiger partial charge is 0.375 e. The molecule has 8 heteroatoms. The predicted octanol–water partition coefficient (Wildman–Crippen LogP) is 5.62. The van der Waals surface area contributed by atoms with Crippen molar-refractivity contribution in [2.24, 2.45) is 0 Å². The molecule has 0 saturated carbocycles. The molecule has 1 saturated heterocycles. The van der Waals surface area contributed by atoms with Crippen LogP contribution >= 0.6 is 23.1 Å². The van der Waals surface area contributed by atoms with Crippen LogP contribution in [0.1, 0.15) is 15.2 Å². The van der Waals surface area contributed by atoms with Gasteiger partial charge in [0, 0.05) is 64.8 Å². The fourth-order valence-corrected chi connectivity index (χ4v) is 6.43. The van der Waals surface area contributed by atoms with Crippen LogP contribution in [-0.2, 0) is 6.54 Å². The number of nitrogens with zero attached hydrogens (tertiary/aromatic N) is 4. The van der Waals surface area contributed by atoms with E-state index in [0.717, 1.165) is 60.2 Å². The number of carbonyl (C=O) groups excluding carboxylic acids is 1. The van der Waals surface area contributed by atoms with E-state index in [1.807, 2.05) is 23.2 Å². The van der Waals surface area contributed by atoms with E-state index in [1.54, 1.807) is 11.8 Å². The molecule has 0 atom stereocenters. The van der Waals surface area contributed by atoms with Crippen LogP contribution in [0.3, 0.4) is 0 Å². The minimum Gasteiger partial charge on any atom is -0.375 e. The lowest BCUT2D eigenvalue weighted by molar-refractivity contribution is 0.0629. The van der Waals surface area contributed by atoms with Gasteiger partial charge in [-0.25, -0.2) is 4.98 Å². The maximum Gasteiger partial charge on any atom is 0.253 e. The van der Waals surface area contributed by atoms with E-state index in [-0.39, 0.29) is 5.91 Å². The van der Waals surface area contributed by atoms with Crippen molar-refractivity contribution in [2.45, 2.75) is 16.3 Å². The molecule has 0 bridgehead atoms. The Labute approximate surface area is 213 Å². The second-order valence-corrected chi connectivity index (χ2v) is 10.9. The monoisotopic (exact) mass is 499 g/mol. The Bertz CT molecular complexity index is 1320. The highest BCUT2D eigenvalue weighted by Crippen LogP contribution is 2.51. The number of hydrogen-bond donors (Lipinski definition) is 1. The number of rotatable bonds is 4. The molecular weight excluding hydrogens is 474 g/mol. The van der Waals surface area contributed by atoms with Crippen LogP contribution in [0.4, 0.5) is 22.2 Å². The molecule has 1 fully saturated rings. The summed E-state index contributed by atoms with van der Waals surface area (Å²) in [6.45, 7) is 3.97. The van der Waals surface area contributed by atoms with Crippen molar-refractivity contribution >= 4 is 51.2 Å². The molecule has 0 spiro atoms. The number of nitrogens with two attached hydrogens (primary N) is 1. The number of amides is 1. The lowest BCUT2D eigenvalue weighted by Crippen LogP contribution is -2.48. The van der Waals surface area contributed by atoms with Crippen molar-refractivity contribution in [3.8, 4) is 0 Å². The number of anilines is 4. The molecule has 176 valence electrons. The highest BCUT2D eigenvalue weighted by Gasteiger charge is 2.26. The van der Waals surface area contributed by atoms with Gasteiger partial charge in [0.05, 0.1) is 11.4 Å². The molecule has 3 heterocycles. The van der Waals surface area contributed by atoms with Crippen LogP contribution in [0.2, 0.25) is 0 Å². The van der Waals surface area contributed by atoms with Crippen LogP contribution in [0.5, 0.6) is 0 Å². The first kappa shape index (κ1) is 22.2. The van der Waals surface area contributed by atoms with Crippen molar-refractivity contribution in [3.63, 3.8) is 0 Å². The Morgan fingerprint density at radius 1 is 0.857 bits per heavy atom. The van der Waals surface area contributed by atoms with Gasteiger partial charge in [0.1, 0.15) is 0 Å². The third-order valence-electron chi connectivity index (χ3n) is 6.42. The van der Waals surface area contributed by atoms with Gasteiger partial charge in [-0.05, 0) is 48.5 Å². The third kappa shape index (κ3) is 4.40. The first-order valence-corrected chi connectivity index (χ1v) is 13.3. The normalized spacial score (nSPS) is 15.5. The molecule has 35 heavy (non-hydrogen) atoms. The summed E-state index contributed by atoms with van der Waals surface area (Å²) < 4.78 is 0. The predicted molar refractivity (Wildman–Crippen MR) is 143 cm³/mol. The van der Waals surface area contributed by atoms with Gasteiger partial charge in [-0.15, -0.1) is 11.3 Å². The molecule has 6 rings (SSSR count). The van der Waals surface area contributed by atoms with Gasteiger partial charge in [0.2, 0.25) is 0 Å². The summed E-state index contributed by atoms with van der Waals surface area (Å²) in [5.41, 5.74) is 9.85. The first-order chi connectivity index (χ1) is 17.2. The van der Waals surface area contributed by atoms with E-state index >= 15 is 0 Å². The van der Waals surface area contributed by atoms with Gasteiger partial charge in [-0.3, -0.25) is 9.69 Å². The number of fused-ring (bicyclic) bond motifs is 2. The van der Waals surface area contributed by atoms with E-state index in [9.17, 15) is 4.79 Å². The molecule has 4 aromatic rings. The molecular formula is C27H25N5OS2. The maximum atomic E-state index is 13.2. The van der Waals surface area contributed by atoms with Crippen LogP contribution < -0.4 is 10.6 Å². The number of hydrogen-bond acceptors (Lipinski definition) is 7. The molecule has 2 N–H and O–H groups in total. The quantitative estimate of drug-likeness (QED) is 0.346. The number of nitrogen functional groups attached to an aromatic ring is 1. The molecule has 0 unspecified atom stereocenters. The van der Waals surface area contributed by atoms with E-state index in [0.29, 0.717) is 5.13 Å². The lowest BCUT2D eigenvalue weighted by atomic mass is 10.1. The third-order valence-corrected chi connectivity index (χ3v) is 8.36. The van der Waals surface area contributed by atoms with Gasteiger partial charge in [-0.2, -0.15) is 0 Å². The Balaban J connectivity index is 1.17. The SMILES string of the molecule is Nc1ncc(CN2CCN(C(=O)c3ccc(N4c5ccccc5Sc5ccccc54)cc3)CC2)s1. The Morgan fingerprint density at radius 3 is 2.09 bits per heavy atom. The van der Waals surface area contributed by atoms with Gasteiger partial charge in [0.25, 0.3) is 5.91 Å². The Morgan fingerprint density at radius 2 is 1.49 bits per heavy atom. The van der Waals surface area contributed by atoms with Crippen LogP contribution in [0.25, 0.3) is 0 Å². The molecule has 1 aromatic heterocycles. The van der Waals surface area contributed by atoms with Crippen molar-refractivity contribution in [1.29, 1.82) is 0 Å². The average Bonchev–Trinajstić information content (AvgIpc) is 3.31. The summed E-state index contributed by atoms with van der Waals surface area (Å²) in [5, 5.41) is 0.604. The number of aromatic nitrogens is 1. The molecule has 2 aliphatic heterocycles. The zero-order chi connectivity index (χ0) is 23.8. The maximum absolute atomic E-state index is 13.2. The van der Waals surface area contributed by atoms with E-state index < -0.39 is 0 Å². The van der Waals surface area contributed by atoms with Gasteiger partial charge in [0.15, 0.2) is 5.13 Å². The second-order valence-electron chi connectivity index (χ2n) is 8.65. The number of thiazole rings is 1. The van der Waals surface area contributed by atoms with Crippen molar-refractivity contribution in [2.75, 3.05) is 36.8 Å². The van der Waals surface area contributed by atoms with Crippen LogP contribution in [0, 0.1) is 0 Å². The van der Waals surface area contributed by atoms with Crippen molar-refractivity contribution in [1.82, 2.24) is 14.8 Å². The standard InChI is InChI=1S/C27H25N5OS2/c28-27-29-17-21(34-27)18-30-13-15-31(16-14-30)26(33)19-9-11-20(12-10-19)32-22-5-1-3-7-24(22)35-25-8-4-2-6-23(25)32/h1-12,17H,13-16,18H2,(H2,28,29). The molecule has 0 aliphatic carbocycles. The summed E-state index contributed by atoms with van der Waals surface area (Å²) >= 11 is 3.32. The number of piperazine rings is 1. The van der Waals surface area contributed by atoms with Gasteiger partial charge in [-0.1, -0.05) is 36.0 Å². The molecule has 2 aliphatic rings.